The Balaban J connectivity index is 0.00000242. The molecule has 0 bridgehead atoms. The number of halogens is 1. The molecular formula is C17H27ClN2O2. The van der Waals surface area contributed by atoms with Crippen molar-refractivity contribution in [2.75, 3.05) is 26.2 Å². The van der Waals surface area contributed by atoms with Gasteiger partial charge in [-0.3, -0.25) is 4.79 Å². The van der Waals surface area contributed by atoms with Crippen molar-refractivity contribution in [2.24, 2.45) is 5.92 Å². The van der Waals surface area contributed by atoms with Crippen LogP contribution in [0.4, 0.5) is 0 Å². The molecule has 1 aliphatic heterocycles. The second-order valence-corrected chi connectivity index (χ2v) is 5.88. The summed E-state index contributed by atoms with van der Waals surface area (Å²) >= 11 is 0. The Labute approximate surface area is 139 Å². The molecule has 1 atom stereocenters. The van der Waals surface area contributed by atoms with Crippen LogP contribution >= 0.6 is 12.4 Å². The van der Waals surface area contributed by atoms with Crippen molar-refractivity contribution in [1.29, 1.82) is 0 Å². The third kappa shape index (κ3) is 5.50. The van der Waals surface area contributed by atoms with Crippen LogP contribution in [0.2, 0.25) is 0 Å². The average molecular weight is 327 g/mol. The molecule has 0 radical (unpaired) electrons. The second kappa shape index (κ2) is 9.70. The first-order valence-electron chi connectivity index (χ1n) is 7.88. The summed E-state index contributed by atoms with van der Waals surface area (Å²) in [6.07, 6.45) is 2.06. The SMILES string of the molecule is CC(C)c1ccccc1OCCNC(=O)C1CCCNC1.Cl. The number of hydrogen-bond donors (Lipinski definition) is 2. The van der Waals surface area contributed by atoms with Crippen LogP contribution in [0.25, 0.3) is 0 Å². The summed E-state index contributed by atoms with van der Waals surface area (Å²) < 4.78 is 5.81. The van der Waals surface area contributed by atoms with E-state index in [4.69, 9.17) is 4.74 Å². The number of rotatable bonds is 6. The molecule has 1 amide bonds. The van der Waals surface area contributed by atoms with Gasteiger partial charge >= 0.3 is 0 Å². The molecule has 1 fully saturated rings. The van der Waals surface area contributed by atoms with E-state index < -0.39 is 0 Å². The molecule has 2 rings (SSSR count). The van der Waals surface area contributed by atoms with Crippen LogP contribution in [0.1, 0.15) is 38.2 Å². The highest BCUT2D eigenvalue weighted by molar-refractivity contribution is 5.85. The van der Waals surface area contributed by atoms with E-state index in [2.05, 4.69) is 30.5 Å². The molecule has 124 valence electrons. The van der Waals surface area contributed by atoms with Crippen molar-refractivity contribution < 1.29 is 9.53 Å². The Bertz CT molecular complexity index is 460. The van der Waals surface area contributed by atoms with Gasteiger partial charge in [-0.2, -0.15) is 0 Å². The molecule has 0 aromatic heterocycles. The quantitative estimate of drug-likeness (QED) is 0.790. The average Bonchev–Trinajstić information content (AvgIpc) is 2.52. The molecule has 1 aromatic rings. The van der Waals surface area contributed by atoms with Crippen molar-refractivity contribution >= 4 is 18.3 Å². The fourth-order valence-electron chi connectivity index (χ4n) is 2.64. The van der Waals surface area contributed by atoms with Gasteiger partial charge in [0, 0.05) is 6.54 Å². The van der Waals surface area contributed by atoms with E-state index in [1.165, 1.54) is 5.56 Å². The lowest BCUT2D eigenvalue weighted by molar-refractivity contribution is -0.125. The number of hydrogen-bond acceptors (Lipinski definition) is 3. The van der Waals surface area contributed by atoms with Gasteiger partial charge in [-0.05, 0) is 36.9 Å². The first-order valence-corrected chi connectivity index (χ1v) is 7.88. The van der Waals surface area contributed by atoms with Crippen molar-refractivity contribution in [3.05, 3.63) is 29.8 Å². The lowest BCUT2D eigenvalue weighted by atomic mass is 9.99. The minimum atomic E-state index is 0. The predicted molar refractivity (Wildman–Crippen MR) is 91.9 cm³/mol. The normalized spacial score (nSPS) is 17.7. The molecule has 1 heterocycles. The summed E-state index contributed by atoms with van der Waals surface area (Å²) in [5, 5.41) is 6.23. The molecule has 2 N–H and O–H groups in total. The summed E-state index contributed by atoms with van der Waals surface area (Å²) in [6, 6.07) is 8.09. The fourth-order valence-corrected chi connectivity index (χ4v) is 2.64. The van der Waals surface area contributed by atoms with E-state index in [-0.39, 0.29) is 24.2 Å². The zero-order valence-corrected chi connectivity index (χ0v) is 14.2. The van der Waals surface area contributed by atoms with Gasteiger partial charge in [-0.25, -0.2) is 0 Å². The zero-order valence-electron chi connectivity index (χ0n) is 13.4. The smallest absolute Gasteiger partial charge is 0.224 e. The molecule has 1 saturated heterocycles. The number of ether oxygens (including phenoxy) is 1. The summed E-state index contributed by atoms with van der Waals surface area (Å²) in [4.78, 5) is 12.0. The van der Waals surface area contributed by atoms with Crippen LogP contribution in [-0.4, -0.2) is 32.1 Å². The molecule has 5 heteroatoms. The van der Waals surface area contributed by atoms with Gasteiger partial charge in [0.2, 0.25) is 5.91 Å². The Morgan fingerprint density at radius 2 is 2.18 bits per heavy atom. The minimum Gasteiger partial charge on any atom is -0.491 e. The molecule has 4 nitrogen and oxygen atoms in total. The first-order chi connectivity index (χ1) is 10.2. The summed E-state index contributed by atoms with van der Waals surface area (Å²) in [5.74, 6) is 1.61. The highest BCUT2D eigenvalue weighted by atomic mass is 35.5. The lowest BCUT2D eigenvalue weighted by Crippen LogP contribution is -2.41. The van der Waals surface area contributed by atoms with Gasteiger partial charge in [0.25, 0.3) is 0 Å². The van der Waals surface area contributed by atoms with E-state index in [0.717, 1.165) is 31.7 Å². The van der Waals surface area contributed by atoms with E-state index in [1.807, 2.05) is 18.2 Å². The standard InChI is InChI=1S/C17H26N2O2.ClH/c1-13(2)15-7-3-4-8-16(15)21-11-10-19-17(20)14-6-5-9-18-12-14;/h3-4,7-8,13-14,18H,5-6,9-12H2,1-2H3,(H,19,20);1H. The number of piperidine rings is 1. The Kier molecular flexibility index (Phi) is 8.28. The molecule has 0 saturated carbocycles. The zero-order chi connectivity index (χ0) is 15.1. The van der Waals surface area contributed by atoms with Crippen molar-refractivity contribution in [2.45, 2.75) is 32.6 Å². The Hall–Kier alpha value is -1.26. The van der Waals surface area contributed by atoms with E-state index in [9.17, 15) is 4.79 Å². The number of benzene rings is 1. The molecular weight excluding hydrogens is 300 g/mol. The van der Waals surface area contributed by atoms with Crippen molar-refractivity contribution in [1.82, 2.24) is 10.6 Å². The molecule has 0 aliphatic carbocycles. The summed E-state index contributed by atoms with van der Waals surface area (Å²) in [5.41, 5.74) is 1.21. The molecule has 1 aromatic carbocycles. The van der Waals surface area contributed by atoms with Gasteiger partial charge in [0.05, 0.1) is 12.5 Å². The Morgan fingerprint density at radius 1 is 1.41 bits per heavy atom. The largest absolute Gasteiger partial charge is 0.491 e. The maximum atomic E-state index is 12.0. The predicted octanol–water partition coefficient (Wildman–Crippen LogP) is 2.73. The molecule has 1 aliphatic rings. The number of carbonyl (C=O) groups excluding carboxylic acids is 1. The van der Waals surface area contributed by atoms with Crippen LogP contribution in [0.3, 0.4) is 0 Å². The molecule has 22 heavy (non-hydrogen) atoms. The monoisotopic (exact) mass is 326 g/mol. The summed E-state index contributed by atoms with van der Waals surface area (Å²) in [6.45, 7) is 7.19. The van der Waals surface area contributed by atoms with Crippen LogP contribution < -0.4 is 15.4 Å². The van der Waals surface area contributed by atoms with Gasteiger partial charge in [0.1, 0.15) is 12.4 Å². The van der Waals surface area contributed by atoms with E-state index in [1.54, 1.807) is 0 Å². The molecule has 1 unspecified atom stereocenters. The number of nitrogens with one attached hydrogen (secondary N) is 2. The van der Waals surface area contributed by atoms with Crippen LogP contribution in [-0.2, 0) is 4.79 Å². The van der Waals surface area contributed by atoms with Crippen LogP contribution in [0, 0.1) is 5.92 Å². The Morgan fingerprint density at radius 3 is 2.86 bits per heavy atom. The van der Waals surface area contributed by atoms with Gasteiger partial charge in [-0.15, -0.1) is 12.4 Å². The van der Waals surface area contributed by atoms with Gasteiger partial charge < -0.3 is 15.4 Å². The van der Waals surface area contributed by atoms with Crippen LogP contribution in [0.5, 0.6) is 5.75 Å². The van der Waals surface area contributed by atoms with Crippen molar-refractivity contribution in [3.8, 4) is 5.75 Å². The lowest BCUT2D eigenvalue weighted by Gasteiger charge is -2.22. The topological polar surface area (TPSA) is 50.4 Å². The van der Waals surface area contributed by atoms with Gasteiger partial charge in [0.15, 0.2) is 0 Å². The van der Waals surface area contributed by atoms with Gasteiger partial charge in [-0.1, -0.05) is 32.0 Å². The highest BCUT2D eigenvalue weighted by Crippen LogP contribution is 2.25. The number of carbonyl (C=O) groups is 1. The third-order valence-corrected chi connectivity index (χ3v) is 3.87. The van der Waals surface area contributed by atoms with Crippen molar-refractivity contribution in [3.63, 3.8) is 0 Å². The third-order valence-electron chi connectivity index (χ3n) is 3.87. The number of amides is 1. The maximum Gasteiger partial charge on any atom is 0.224 e. The maximum absolute atomic E-state index is 12.0. The number of para-hydroxylation sites is 1. The van der Waals surface area contributed by atoms with Crippen LogP contribution in [0.15, 0.2) is 24.3 Å². The summed E-state index contributed by atoms with van der Waals surface area (Å²) in [7, 11) is 0. The van der Waals surface area contributed by atoms with E-state index >= 15 is 0 Å². The second-order valence-electron chi connectivity index (χ2n) is 5.88. The van der Waals surface area contributed by atoms with E-state index in [0.29, 0.717) is 19.1 Å². The fraction of sp³-hybridized carbons (Fsp3) is 0.588. The highest BCUT2D eigenvalue weighted by Gasteiger charge is 2.20. The molecule has 0 spiro atoms. The first kappa shape index (κ1) is 18.8. The minimum absolute atomic E-state index is 0.